The molecular weight excluding hydrogens is 292 g/mol. The number of hydrogen-bond acceptors (Lipinski definition) is 3. The highest BCUT2D eigenvalue weighted by Crippen LogP contribution is 2.41. The van der Waals surface area contributed by atoms with Crippen LogP contribution >= 0.6 is 0 Å². The number of rotatable bonds is 4. The molecule has 1 unspecified atom stereocenters. The summed E-state index contributed by atoms with van der Waals surface area (Å²) < 4.78 is 12.8. The van der Waals surface area contributed by atoms with E-state index in [1.807, 2.05) is 36.4 Å². The zero-order valence-electron chi connectivity index (χ0n) is 13.3. The maximum atomic E-state index is 12.8. The van der Waals surface area contributed by atoms with Crippen LogP contribution in [0.15, 0.2) is 58.3 Å². The minimum absolute atomic E-state index is 0.516. The smallest absolute Gasteiger partial charge is 0.0892 e. The zero-order chi connectivity index (χ0) is 15.7. The van der Waals surface area contributed by atoms with E-state index < -0.39 is 10.8 Å². The average Bonchev–Trinajstić information content (AvgIpc) is 2.51. The topological polar surface area (TPSA) is 23.6 Å². The van der Waals surface area contributed by atoms with Gasteiger partial charge in [-0.2, -0.15) is 0 Å². The Kier molecular flexibility index (Phi) is 4.32. The summed E-state index contributed by atoms with van der Waals surface area (Å²) in [5.41, 5.74) is 2.15. The summed E-state index contributed by atoms with van der Waals surface area (Å²) in [6.07, 6.45) is 0. The van der Waals surface area contributed by atoms with Gasteiger partial charge in [-0.15, -0.1) is 0 Å². The highest BCUT2D eigenvalue weighted by Gasteiger charge is 2.28. The van der Waals surface area contributed by atoms with Crippen molar-refractivity contribution < 1.29 is 4.21 Å². The third-order valence-corrected chi connectivity index (χ3v) is 5.37. The van der Waals surface area contributed by atoms with E-state index in [-0.39, 0.29) is 0 Å². The molecule has 3 nitrogen and oxygen atoms in total. The summed E-state index contributed by atoms with van der Waals surface area (Å²) in [5.74, 6) is 0.516. The third kappa shape index (κ3) is 2.81. The molecule has 0 N–H and O–H groups in total. The number of benzene rings is 2. The van der Waals surface area contributed by atoms with Crippen molar-refractivity contribution in [3.63, 3.8) is 0 Å². The minimum Gasteiger partial charge on any atom is -0.339 e. The van der Waals surface area contributed by atoms with Crippen molar-refractivity contribution in [1.29, 1.82) is 0 Å². The van der Waals surface area contributed by atoms with Crippen LogP contribution in [0.1, 0.15) is 6.92 Å². The van der Waals surface area contributed by atoms with E-state index in [2.05, 4.69) is 43.0 Å². The van der Waals surface area contributed by atoms with Crippen LogP contribution in [-0.4, -0.2) is 36.3 Å². The highest BCUT2D eigenvalue weighted by atomic mass is 32.2. The van der Waals surface area contributed by atoms with E-state index in [0.29, 0.717) is 5.92 Å². The summed E-state index contributed by atoms with van der Waals surface area (Å²) in [5, 5.41) is 0. The van der Waals surface area contributed by atoms with Crippen molar-refractivity contribution in [3.05, 3.63) is 48.5 Å². The number of para-hydroxylation sites is 2. The first-order valence-electron chi connectivity index (χ1n) is 7.60. The van der Waals surface area contributed by atoms with Gasteiger partial charge in [-0.05, 0) is 44.3 Å². The quantitative estimate of drug-likeness (QED) is 0.863. The lowest BCUT2D eigenvalue weighted by molar-refractivity contribution is 0.342. The Balaban J connectivity index is 2.02. The maximum Gasteiger partial charge on any atom is 0.0892 e. The van der Waals surface area contributed by atoms with Gasteiger partial charge in [-0.1, -0.05) is 31.2 Å². The normalized spacial score (nSPS) is 15.5. The molecule has 0 amide bonds. The van der Waals surface area contributed by atoms with Gasteiger partial charge in [0.2, 0.25) is 0 Å². The molecule has 1 atom stereocenters. The second kappa shape index (κ2) is 6.23. The SMILES string of the molecule is CC(CN(C)C)CN1c2ccccc2S(=O)c2ccccc21. The second-order valence-corrected chi connectivity index (χ2v) is 7.60. The van der Waals surface area contributed by atoms with Crippen LogP contribution in [0.25, 0.3) is 0 Å². The molecule has 4 heteroatoms. The lowest BCUT2D eigenvalue weighted by Crippen LogP contribution is -2.32. The molecular formula is C18H22N2OS. The van der Waals surface area contributed by atoms with E-state index in [0.717, 1.165) is 34.3 Å². The van der Waals surface area contributed by atoms with Gasteiger partial charge in [0.1, 0.15) is 0 Å². The largest absolute Gasteiger partial charge is 0.339 e. The fourth-order valence-electron chi connectivity index (χ4n) is 3.11. The summed E-state index contributed by atoms with van der Waals surface area (Å²) in [7, 11) is 3.11. The molecule has 1 heterocycles. The molecule has 2 aromatic carbocycles. The molecule has 2 aromatic rings. The van der Waals surface area contributed by atoms with Crippen molar-refractivity contribution in [2.24, 2.45) is 5.92 Å². The van der Waals surface area contributed by atoms with Crippen LogP contribution < -0.4 is 4.90 Å². The van der Waals surface area contributed by atoms with Gasteiger partial charge < -0.3 is 9.80 Å². The van der Waals surface area contributed by atoms with Crippen LogP contribution in [0.3, 0.4) is 0 Å². The van der Waals surface area contributed by atoms with Gasteiger partial charge in [0.25, 0.3) is 0 Å². The monoisotopic (exact) mass is 314 g/mol. The molecule has 116 valence electrons. The Morgan fingerprint density at radius 1 is 1.00 bits per heavy atom. The summed E-state index contributed by atoms with van der Waals surface area (Å²) >= 11 is 0. The van der Waals surface area contributed by atoms with Crippen LogP contribution in [0.5, 0.6) is 0 Å². The van der Waals surface area contributed by atoms with Crippen LogP contribution in [0, 0.1) is 5.92 Å². The molecule has 0 saturated heterocycles. The number of nitrogens with zero attached hydrogens (tertiary/aromatic N) is 2. The van der Waals surface area contributed by atoms with Gasteiger partial charge in [0.05, 0.1) is 32.0 Å². The first-order chi connectivity index (χ1) is 10.6. The van der Waals surface area contributed by atoms with Gasteiger partial charge in [-0.25, -0.2) is 4.21 Å². The van der Waals surface area contributed by atoms with Crippen molar-refractivity contribution in [3.8, 4) is 0 Å². The van der Waals surface area contributed by atoms with Crippen molar-refractivity contribution in [2.45, 2.75) is 16.7 Å². The van der Waals surface area contributed by atoms with Crippen LogP contribution in [-0.2, 0) is 10.8 Å². The van der Waals surface area contributed by atoms with Gasteiger partial charge in [-0.3, -0.25) is 0 Å². The van der Waals surface area contributed by atoms with E-state index in [1.54, 1.807) is 0 Å². The molecule has 1 aliphatic heterocycles. The molecule has 0 radical (unpaired) electrons. The van der Waals surface area contributed by atoms with Gasteiger partial charge in [0.15, 0.2) is 0 Å². The van der Waals surface area contributed by atoms with Gasteiger partial charge in [0, 0.05) is 13.1 Å². The first kappa shape index (κ1) is 15.3. The highest BCUT2D eigenvalue weighted by molar-refractivity contribution is 7.85. The average molecular weight is 314 g/mol. The zero-order valence-corrected chi connectivity index (χ0v) is 14.1. The molecule has 0 bridgehead atoms. The van der Waals surface area contributed by atoms with Crippen LogP contribution in [0.2, 0.25) is 0 Å². The summed E-state index contributed by atoms with van der Waals surface area (Å²) in [6, 6.07) is 16.1. The Labute approximate surface area is 135 Å². The number of hydrogen-bond donors (Lipinski definition) is 0. The fraction of sp³-hybridized carbons (Fsp3) is 0.333. The standard InChI is InChI=1S/C18H22N2OS/c1-14(12-19(2)3)13-20-15-8-4-6-10-17(15)22(21)18-11-7-5-9-16(18)20/h4-11,14H,12-13H2,1-3H3. The molecule has 1 aliphatic rings. The number of anilines is 2. The third-order valence-electron chi connectivity index (χ3n) is 3.88. The lowest BCUT2D eigenvalue weighted by atomic mass is 10.1. The molecule has 0 fully saturated rings. The predicted octanol–water partition coefficient (Wildman–Crippen LogP) is 3.50. The Morgan fingerprint density at radius 2 is 1.50 bits per heavy atom. The van der Waals surface area contributed by atoms with Crippen molar-refractivity contribution >= 4 is 22.2 Å². The fourth-order valence-corrected chi connectivity index (χ4v) is 4.49. The maximum absolute atomic E-state index is 12.8. The molecule has 0 aromatic heterocycles. The molecule has 0 saturated carbocycles. The predicted molar refractivity (Wildman–Crippen MR) is 92.3 cm³/mol. The first-order valence-corrected chi connectivity index (χ1v) is 8.75. The van der Waals surface area contributed by atoms with E-state index >= 15 is 0 Å². The lowest BCUT2D eigenvalue weighted by Gasteiger charge is -2.35. The Hall–Kier alpha value is -1.65. The molecule has 3 rings (SSSR count). The Morgan fingerprint density at radius 3 is 2.00 bits per heavy atom. The van der Waals surface area contributed by atoms with Gasteiger partial charge >= 0.3 is 0 Å². The minimum atomic E-state index is -1.09. The van der Waals surface area contributed by atoms with E-state index in [1.165, 1.54) is 0 Å². The number of fused-ring (bicyclic) bond motifs is 2. The van der Waals surface area contributed by atoms with E-state index in [4.69, 9.17) is 0 Å². The summed E-state index contributed by atoms with van der Waals surface area (Å²) in [6.45, 7) is 4.21. The van der Waals surface area contributed by atoms with Crippen LogP contribution in [0.4, 0.5) is 11.4 Å². The van der Waals surface area contributed by atoms with E-state index in [9.17, 15) is 4.21 Å². The van der Waals surface area contributed by atoms with Crippen molar-refractivity contribution in [2.75, 3.05) is 32.1 Å². The molecule has 0 aliphatic carbocycles. The summed E-state index contributed by atoms with van der Waals surface area (Å²) in [4.78, 5) is 6.36. The second-order valence-electron chi connectivity index (χ2n) is 6.18. The van der Waals surface area contributed by atoms with Crippen molar-refractivity contribution in [1.82, 2.24) is 4.90 Å². The Bertz CT molecular complexity index is 649. The molecule has 22 heavy (non-hydrogen) atoms. The molecule has 0 spiro atoms.